The molecule has 3 nitrogen and oxygen atoms in total. The maximum absolute atomic E-state index is 12.1. The average molecular weight is 322 g/mol. The van der Waals surface area contributed by atoms with Gasteiger partial charge in [-0.05, 0) is 23.8 Å². The van der Waals surface area contributed by atoms with E-state index in [1.807, 2.05) is 48.5 Å². The first kappa shape index (κ1) is 15.7. The van der Waals surface area contributed by atoms with Gasteiger partial charge in [0.15, 0.2) is 0 Å². The van der Waals surface area contributed by atoms with Gasteiger partial charge in [-0.25, -0.2) is 0 Å². The van der Waals surface area contributed by atoms with E-state index in [0.29, 0.717) is 5.02 Å². The van der Waals surface area contributed by atoms with Crippen molar-refractivity contribution >= 4 is 34.0 Å². The van der Waals surface area contributed by atoms with E-state index in [2.05, 4.69) is 0 Å². The molecule has 0 unspecified atom stereocenters. The summed E-state index contributed by atoms with van der Waals surface area (Å²) < 4.78 is 12.1. The molecule has 0 spiro atoms. The average Bonchev–Trinajstić information content (AvgIpc) is 2.49. The first-order valence-electron chi connectivity index (χ1n) is 6.48. The lowest BCUT2D eigenvalue weighted by molar-refractivity contribution is -0.115. The molecule has 1 atom stereocenters. The lowest BCUT2D eigenvalue weighted by Crippen LogP contribution is -2.31. The molecule has 0 bridgehead atoms. The second-order valence-electron chi connectivity index (χ2n) is 4.61. The number of carbonyl (C=O) groups excluding carboxylic acids is 1. The summed E-state index contributed by atoms with van der Waals surface area (Å²) in [5, 5.41) is 0.578. The van der Waals surface area contributed by atoms with E-state index < -0.39 is 10.8 Å². The van der Waals surface area contributed by atoms with E-state index in [9.17, 15) is 9.00 Å². The molecular formula is C16H16ClNO2S. The van der Waals surface area contributed by atoms with Gasteiger partial charge in [0.1, 0.15) is 5.75 Å². The molecule has 0 aliphatic heterocycles. The van der Waals surface area contributed by atoms with Gasteiger partial charge in [-0.15, -0.1) is 0 Å². The van der Waals surface area contributed by atoms with Gasteiger partial charge in [-0.2, -0.15) is 0 Å². The Morgan fingerprint density at radius 1 is 1.10 bits per heavy atom. The Kier molecular flexibility index (Phi) is 5.53. The summed E-state index contributed by atoms with van der Waals surface area (Å²) in [7, 11) is 0.404. The summed E-state index contributed by atoms with van der Waals surface area (Å²) in [6, 6.07) is 16.5. The zero-order valence-electron chi connectivity index (χ0n) is 11.7. The molecule has 0 aliphatic rings. The van der Waals surface area contributed by atoms with Crippen molar-refractivity contribution in [1.29, 1.82) is 0 Å². The van der Waals surface area contributed by atoms with Gasteiger partial charge in [-0.3, -0.25) is 9.00 Å². The number of hydrogen-bond acceptors (Lipinski definition) is 2. The number of hydrogen-bond donors (Lipinski definition) is 0. The van der Waals surface area contributed by atoms with Crippen molar-refractivity contribution in [3.63, 3.8) is 0 Å². The Labute approximate surface area is 132 Å². The maximum Gasteiger partial charge on any atom is 0.239 e. The van der Waals surface area contributed by atoms with E-state index in [0.717, 1.165) is 11.3 Å². The highest BCUT2D eigenvalue weighted by atomic mass is 35.5. The quantitative estimate of drug-likeness (QED) is 0.847. The van der Waals surface area contributed by atoms with Crippen molar-refractivity contribution in [3.05, 3.63) is 65.2 Å². The van der Waals surface area contributed by atoms with Crippen LogP contribution in [0.15, 0.2) is 54.6 Å². The van der Waals surface area contributed by atoms with Crippen LogP contribution in [0.3, 0.4) is 0 Å². The molecule has 0 saturated carbocycles. The van der Waals surface area contributed by atoms with Crippen molar-refractivity contribution in [3.8, 4) is 0 Å². The third kappa shape index (κ3) is 4.41. The molecule has 0 heterocycles. The molecule has 21 heavy (non-hydrogen) atoms. The van der Waals surface area contributed by atoms with Crippen LogP contribution < -0.4 is 4.90 Å². The maximum atomic E-state index is 12.1. The van der Waals surface area contributed by atoms with Gasteiger partial charge in [0.2, 0.25) is 5.91 Å². The van der Waals surface area contributed by atoms with Crippen LogP contribution in [-0.4, -0.2) is 22.9 Å². The molecule has 5 heteroatoms. The third-order valence-electron chi connectivity index (χ3n) is 3.08. The Balaban J connectivity index is 1.97. The van der Waals surface area contributed by atoms with E-state index in [1.54, 1.807) is 13.1 Å². The van der Waals surface area contributed by atoms with Gasteiger partial charge < -0.3 is 4.90 Å². The third-order valence-corrected chi connectivity index (χ3v) is 4.65. The highest BCUT2D eigenvalue weighted by molar-refractivity contribution is 7.85. The first-order valence-corrected chi connectivity index (χ1v) is 8.34. The zero-order chi connectivity index (χ0) is 15.2. The predicted octanol–water partition coefficient (Wildman–Crippen LogP) is 3.25. The summed E-state index contributed by atoms with van der Waals surface area (Å²) in [5.74, 6) is 0.0941. The SMILES string of the molecule is CN(C(=O)C[S@@](=O)Cc1ccccc1Cl)c1ccccc1. The van der Waals surface area contributed by atoms with Crippen LogP contribution in [0.2, 0.25) is 5.02 Å². The summed E-state index contributed by atoms with van der Waals surface area (Å²) in [4.78, 5) is 13.6. The normalized spacial score (nSPS) is 11.9. The van der Waals surface area contributed by atoms with Crippen LogP contribution in [0.5, 0.6) is 0 Å². The summed E-state index contributed by atoms with van der Waals surface area (Å²) in [6.45, 7) is 0. The number of para-hydroxylation sites is 1. The second-order valence-corrected chi connectivity index (χ2v) is 6.47. The zero-order valence-corrected chi connectivity index (χ0v) is 13.2. The van der Waals surface area contributed by atoms with Crippen molar-refractivity contribution in [2.24, 2.45) is 0 Å². The molecule has 0 N–H and O–H groups in total. The molecule has 2 rings (SSSR count). The topological polar surface area (TPSA) is 37.4 Å². The van der Waals surface area contributed by atoms with Crippen LogP contribution in [0.25, 0.3) is 0 Å². The van der Waals surface area contributed by atoms with Crippen molar-refractivity contribution in [2.45, 2.75) is 5.75 Å². The van der Waals surface area contributed by atoms with E-state index in [1.165, 1.54) is 4.90 Å². The van der Waals surface area contributed by atoms with E-state index >= 15 is 0 Å². The lowest BCUT2D eigenvalue weighted by atomic mass is 10.2. The van der Waals surface area contributed by atoms with Crippen molar-refractivity contribution < 1.29 is 9.00 Å². The minimum Gasteiger partial charge on any atom is -0.315 e. The molecular weight excluding hydrogens is 306 g/mol. The van der Waals surface area contributed by atoms with Crippen LogP contribution in [0.4, 0.5) is 5.69 Å². The van der Waals surface area contributed by atoms with Crippen LogP contribution in [-0.2, 0) is 21.3 Å². The van der Waals surface area contributed by atoms with Crippen molar-refractivity contribution in [2.75, 3.05) is 17.7 Å². The molecule has 0 saturated heterocycles. The number of amides is 1. The van der Waals surface area contributed by atoms with Crippen LogP contribution in [0, 0.1) is 0 Å². The highest BCUT2D eigenvalue weighted by Gasteiger charge is 2.15. The van der Waals surface area contributed by atoms with Gasteiger partial charge in [0, 0.05) is 28.6 Å². The minimum absolute atomic E-state index is 0.0172. The fraction of sp³-hybridized carbons (Fsp3) is 0.188. The molecule has 0 fully saturated rings. The monoisotopic (exact) mass is 321 g/mol. The van der Waals surface area contributed by atoms with E-state index in [-0.39, 0.29) is 17.4 Å². The van der Waals surface area contributed by atoms with Gasteiger partial charge in [-0.1, -0.05) is 48.0 Å². The first-order chi connectivity index (χ1) is 10.1. The number of nitrogens with zero attached hydrogens (tertiary/aromatic N) is 1. The molecule has 0 aliphatic carbocycles. The lowest BCUT2D eigenvalue weighted by Gasteiger charge is -2.17. The Hall–Kier alpha value is -1.65. The van der Waals surface area contributed by atoms with Gasteiger partial charge in [0.05, 0.1) is 5.75 Å². The molecule has 2 aromatic rings. The fourth-order valence-corrected chi connectivity index (χ4v) is 3.32. The summed E-state index contributed by atoms with van der Waals surface area (Å²) in [5.41, 5.74) is 1.59. The van der Waals surface area contributed by atoms with Gasteiger partial charge in [0.25, 0.3) is 0 Å². The molecule has 2 aromatic carbocycles. The smallest absolute Gasteiger partial charge is 0.239 e. The Morgan fingerprint density at radius 2 is 1.71 bits per heavy atom. The fourth-order valence-electron chi connectivity index (χ4n) is 1.87. The largest absolute Gasteiger partial charge is 0.315 e. The number of anilines is 1. The minimum atomic E-state index is -1.28. The van der Waals surface area contributed by atoms with Crippen LogP contribution in [0.1, 0.15) is 5.56 Å². The Bertz CT molecular complexity index is 646. The van der Waals surface area contributed by atoms with Crippen molar-refractivity contribution in [1.82, 2.24) is 0 Å². The number of rotatable bonds is 5. The molecule has 0 radical (unpaired) electrons. The summed E-state index contributed by atoms with van der Waals surface area (Å²) >= 11 is 6.03. The van der Waals surface area contributed by atoms with Gasteiger partial charge >= 0.3 is 0 Å². The Morgan fingerprint density at radius 3 is 2.38 bits per heavy atom. The number of benzene rings is 2. The number of carbonyl (C=O) groups is 1. The van der Waals surface area contributed by atoms with E-state index in [4.69, 9.17) is 11.6 Å². The molecule has 0 aromatic heterocycles. The molecule has 110 valence electrons. The van der Waals surface area contributed by atoms with Crippen LogP contribution >= 0.6 is 11.6 Å². The summed E-state index contributed by atoms with van der Waals surface area (Å²) in [6.07, 6.45) is 0. The molecule has 1 amide bonds. The predicted molar refractivity (Wildman–Crippen MR) is 88.0 cm³/mol. The number of halogens is 1. The highest BCUT2D eigenvalue weighted by Crippen LogP contribution is 2.17. The standard InChI is InChI=1S/C16H16ClNO2S/c1-18(14-8-3-2-4-9-14)16(19)12-21(20)11-13-7-5-6-10-15(13)17/h2-10H,11-12H2,1H3/t21-/m0/s1. The second kappa shape index (κ2) is 7.38.